The molecule has 2 N–H and O–H groups in total. The number of nitrogens with one attached hydrogen (secondary N) is 1. The maximum atomic E-state index is 12.5. The number of aliphatic hydroxyl groups excluding tert-OH is 1. The average molecular weight is 336 g/mol. The maximum absolute atomic E-state index is 12.5. The number of carbonyl (C=O) groups excluding carboxylic acids is 1. The van der Waals surface area contributed by atoms with Crippen LogP contribution in [0.3, 0.4) is 0 Å². The Kier molecular flexibility index (Phi) is 5.20. The molecule has 3 rings (SSSR count). The van der Waals surface area contributed by atoms with Gasteiger partial charge in [-0.15, -0.1) is 0 Å². The van der Waals surface area contributed by atoms with E-state index in [0.29, 0.717) is 12.0 Å². The highest BCUT2D eigenvalue weighted by molar-refractivity contribution is 5.94. The Balaban J connectivity index is 1.64. The van der Waals surface area contributed by atoms with Crippen molar-refractivity contribution >= 4 is 5.91 Å². The van der Waals surface area contributed by atoms with E-state index in [0.717, 1.165) is 11.3 Å². The maximum Gasteiger partial charge on any atom is 0.251 e. The number of amides is 1. The van der Waals surface area contributed by atoms with Crippen LogP contribution in [0.15, 0.2) is 67.3 Å². The molecular formula is C19H20N4O2. The predicted octanol–water partition coefficient (Wildman–Crippen LogP) is 1.99. The summed E-state index contributed by atoms with van der Waals surface area (Å²) in [5, 5.41) is 17.2. The molecule has 0 saturated carbocycles. The molecule has 0 bridgehead atoms. The summed E-state index contributed by atoms with van der Waals surface area (Å²) in [4.78, 5) is 16.4. The van der Waals surface area contributed by atoms with Crippen molar-refractivity contribution in [3.8, 4) is 5.69 Å². The molecule has 0 aliphatic rings. The molecule has 2 aromatic carbocycles. The van der Waals surface area contributed by atoms with E-state index >= 15 is 0 Å². The zero-order valence-electron chi connectivity index (χ0n) is 13.9. The fourth-order valence-electron chi connectivity index (χ4n) is 2.55. The van der Waals surface area contributed by atoms with E-state index in [1.54, 1.807) is 36.1 Å². The lowest BCUT2D eigenvalue weighted by Crippen LogP contribution is -2.42. The standard InChI is InChI=1S/C19H20N4O2/c1-14(18(24)10-15-6-3-2-4-7-15)22-19(25)16-8-5-9-17(11-16)23-13-20-12-21-23/h2-9,11-14,18,24H,10H2,1H3,(H,22,25). The van der Waals surface area contributed by atoms with Crippen LogP contribution in [0.5, 0.6) is 0 Å². The first-order chi connectivity index (χ1) is 12.1. The number of benzene rings is 2. The summed E-state index contributed by atoms with van der Waals surface area (Å²) in [5.41, 5.74) is 2.29. The van der Waals surface area contributed by atoms with Crippen LogP contribution in [0.1, 0.15) is 22.8 Å². The van der Waals surface area contributed by atoms with Gasteiger partial charge in [0.15, 0.2) is 0 Å². The topological polar surface area (TPSA) is 80.0 Å². The van der Waals surface area contributed by atoms with E-state index in [9.17, 15) is 9.90 Å². The normalized spacial score (nSPS) is 13.2. The lowest BCUT2D eigenvalue weighted by Gasteiger charge is -2.20. The molecule has 3 aromatic rings. The van der Waals surface area contributed by atoms with Crippen LogP contribution in [0.25, 0.3) is 5.69 Å². The molecule has 2 unspecified atom stereocenters. The third kappa shape index (κ3) is 4.30. The lowest BCUT2D eigenvalue weighted by atomic mass is 10.0. The first-order valence-corrected chi connectivity index (χ1v) is 8.11. The Morgan fingerprint density at radius 1 is 1.20 bits per heavy atom. The smallest absolute Gasteiger partial charge is 0.251 e. The molecule has 1 heterocycles. The summed E-state index contributed by atoms with van der Waals surface area (Å²) in [6.45, 7) is 1.80. The zero-order valence-corrected chi connectivity index (χ0v) is 13.9. The van der Waals surface area contributed by atoms with Gasteiger partial charge in [-0.1, -0.05) is 36.4 Å². The molecule has 0 radical (unpaired) electrons. The lowest BCUT2D eigenvalue weighted by molar-refractivity contribution is 0.0852. The van der Waals surface area contributed by atoms with Gasteiger partial charge in [0.2, 0.25) is 0 Å². The summed E-state index contributed by atoms with van der Waals surface area (Å²) < 4.78 is 1.59. The van der Waals surface area contributed by atoms with Gasteiger partial charge in [-0.3, -0.25) is 4.79 Å². The largest absolute Gasteiger partial charge is 0.391 e. The molecule has 128 valence electrons. The van der Waals surface area contributed by atoms with E-state index in [1.807, 2.05) is 36.4 Å². The predicted molar refractivity (Wildman–Crippen MR) is 94.4 cm³/mol. The highest BCUT2D eigenvalue weighted by atomic mass is 16.3. The summed E-state index contributed by atoms with van der Waals surface area (Å²) in [6.07, 6.45) is 2.84. The van der Waals surface area contributed by atoms with Gasteiger partial charge in [0.1, 0.15) is 12.7 Å². The van der Waals surface area contributed by atoms with Crippen LogP contribution in [-0.2, 0) is 6.42 Å². The van der Waals surface area contributed by atoms with Crippen LogP contribution in [0.4, 0.5) is 0 Å². The third-order valence-electron chi connectivity index (χ3n) is 4.02. The van der Waals surface area contributed by atoms with Gasteiger partial charge < -0.3 is 10.4 Å². The number of hydrogen-bond donors (Lipinski definition) is 2. The number of aromatic nitrogens is 3. The number of carbonyl (C=O) groups is 1. The van der Waals surface area contributed by atoms with E-state index in [2.05, 4.69) is 15.4 Å². The van der Waals surface area contributed by atoms with Gasteiger partial charge in [-0.2, -0.15) is 5.10 Å². The van der Waals surface area contributed by atoms with Crippen LogP contribution in [0.2, 0.25) is 0 Å². The summed E-state index contributed by atoms with van der Waals surface area (Å²) in [7, 11) is 0. The number of aliphatic hydroxyl groups is 1. The molecule has 0 aliphatic heterocycles. The molecule has 6 heteroatoms. The van der Waals surface area contributed by atoms with Crippen LogP contribution < -0.4 is 5.32 Å². The van der Waals surface area contributed by atoms with Crippen molar-refractivity contribution in [1.82, 2.24) is 20.1 Å². The van der Waals surface area contributed by atoms with Crippen molar-refractivity contribution in [3.63, 3.8) is 0 Å². The molecular weight excluding hydrogens is 316 g/mol. The molecule has 0 aliphatic carbocycles. The first kappa shape index (κ1) is 16.9. The average Bonchev–Trinajstić information content (AvgIpc) is 3.17. The quantitative estimate of drug-likeness (QED) is 0.721. The van der Waals surface area contributed by atoms with Crippen molar-refractivity contribution in [2.45, 2.75) is 25.5 Å². The summed E-state index contributed by atoms with van der Waals surface area (Å²) in [6, 6.07) is 16.4. The Bertz CT molecular complexity index is 818. The molecule has 1 aromatic heterocycles. The molecule has 0 spiro atoms. The minimum atomic E-state index is -0.662. The Labute approximate surface area is 146 Å². The molecule has 0 fully saturated rings. The Hall–Kier alpha value is -2.99. The van der Waals surface area contributed by atoms with Gasteiger partial charge in [0.25, 0.3) is 5.91 Å². The number of rotatable bonds is 6. The van der Waals surface area contributed by atoms with Gasteiger partial charge in [0, 0.05) is 12.0 Å². The van der Waals surface area contributed by atoms with E-state index < -0.39 is 6.10 Å². The molecule has 25 heavy (non-hydrogen) atoms. The second-order valence-electron chi connectivity index (χ2n) is 5.91. The second-order valence-corrected chi connectivity index (χ2v) is 5.91. The summed E-state index contributed by atoms with van der Waals surface area (Å²) in [5.74, 6) is -0.235. The fourth-order valence-corrected chi connectivity index (χ4v) is 2.55. The van der Waals surface area contributed by atoms with Crippen molar-refractivity contribution in [1.29, 1.82) is 0 Å². The molecule has 2 atom stereocenters. The van der Waals surface area contributed by atoms with E-state index in [-0.39, 0.29) is 11.9 Å². The van der Waals surface area contributed by atoms with Crippen LogP contribution >= 0.6 is 0 Å². The highest BCUT2D eigenvalue weighted by Gasteiger charge is 2.18. The molecule has 6 nitrogen and oxygen atoms in total. The number of hydrogen-bond acceptors (Lipinski definition) is 4. The van der Waals surface area contributed by atoms with Crippen molar-refractivity contribution < 1.29 is 9.90 Å². The Morgan fingerprint density at radius 3 is 2.72 bits per heavy atom. The monoisotopic (exact) mass is 336 g/mol. The van der Waals surface area contributed by atoms with Crippen LogP contribution in [-0.4, -0.2) is 37.9 Å². The third-order valence-corrected chi connectivity index (χ3v) is 4.02. The summed E-state index contributed by atoms with van der Waals surface area (Å²) >= 11 is 0. The fraction of sp³-hybridized carbons (Fsp3) is 0.211. The van der Waals surface area contributed by atoms with E-state index in [1.165, 1.54) is 6.33 Å². The first-order valence-electron chi connectivity index (χ1n) is 8.11. The minimum absolute atomic E-state index is 0.235. The van der Waals surface area contributed by atoms with Gasteiger partial charge in [-0.25, -0.2) is 9.67 Å². The van der Waals surface area contributed by atoms with E-state index in [4.69, 9.17) is 0 Å². The minimum Gasteiger partial charge on any atom is -0.391 e. The van der Waals surface area contributed by atoms with Gasteiger partial charge >= 0.3 is 0 Å². The molecule has 0 saturated heterocycles. The second kappa shape index (κ2) is 7.72. The highest BCUT2D eigenvalue weighted by Crippen LogP contribution is 2.11. The van der Waals surface area contributed by atoms with Crippen molar-refractivity contribution in [3.05, 3.63) is 78.4 Å². The number of nitrogens with zero attached hydrogens (tertiary/aromatic N) is 3. The Morgan fingerprint density at radius 2 is 2.00 bits per heavy atom. The molecule has 1 amide bonds. The van der Waals surface area contributed by atoms with Crippen molar-refractivity contribution in [2.75, 3.05) is 0 Å². The SMILES string of the molecule is CC(NC(=O)c1cccc(-n2cncn2)c1)C(O)Cc1ccccc1. The van der Waals surface area contributed by atoms with Crippen LogP contribution in [0, 0.1) is 0 Å². The van der Waals surface area contributed by atoms with Crippen molar-refractivity contribution in [2.24, 2.45) is 0 Å². The van der Waals surface area contributed by atoms with Gasteiger partial charge in [0.05, 0.1) is 17.8 Å². The van der Waals surface area contributed by atoms with Gasteiger partial charge in [-0.05, 0) is 30.7 Å². The zero-order chi connectivity index (χ0) is 17.6.